The Labute approximate surface area is 230 Å². The van der Waals surface area contributed by atoms with Crippen LogP contribution in [0.5, 0.6) is 0 Å². The number of ether oxygens (including phenoxy) is 1. The van der Waals surface area contributed by atoms with Crippen LogP contribution in [-0.2, 0) is 35.3 Å². The number of rotatable bonds is 8. The fraction of sp³-hybridized carbons (Fsp3) is 0.517. The third-order valence-corrected chi connectivity index (χ3v) is 8.16. The molecule has 9 heteroatoms. The van der Waals surface area contributed by atoms with Crippen molar-refractivity contribution in [1.29, 1.82) is 0 Å². The van der Waals surface area contributed by atoms with Crippen molar-refractivity contribution in [2.75, 3.05) is 0 Å². The van der Waals surface area contributed by atoms with Crippen molar-refractivity contribution >= 4 is 24.2 Å². The highest BCUT2D eigenvalue weighted by atomic mass is 35.5. The number of esters is 1. The number of hydrogen-bond acceptors (Lipinski definition) is 7. The zero-order valence-electron chi connectivity index (χ0n) is 22.5. The van der Waals surface area contributed by atoms with E-state index in [0.29, 0.717) is 31.0 Å². The maximum atomic E-state index is 13.4. The van der Waals surface area contributed by atoms with Crippen LogP contribution in [-0.4, -0.2) is 36.3 Å². The van der Waals surface area contributed by atoms with Gasteiger partial charge in [0.15, 0.2) is 5.82 Å². The molecule has 1 aromatic carbocycles. The van der Waals surface area contributed by atoms with Gasteiger partial charge in [-0.15, -0.1) is 17.5 Å². The molecule has 2 aromatic heterocycles. The molecule has 0 saturated heterocycles. The number of aliphatic hydroxyl groups excluding tert-OH is 1. The van der Waals surface area contributed by atoms with Crippen LogP contribution in [0.25, 0.3) is 5.78 Å². The third-order valence-electron chi connectivity index (χ3n) is 8.16. The number of hydrogen-bond donors (Lipinski definition) is 2. The van der Waals surface area contributed by atoms with Gasteiger partial charge in [0.1, 0.15) is 11.4 Å². The molecule has 0 bridgehead atoms. The first kappa shape index (κ1) is 28.0. The predicted molar refractivity (Wildman–Crippen MR) is 148 cm³/mol. The fourth-order valence-electron chi connectivity index (χ4n) is 6.15. The highest BCUT2D eigenvalue weighted by molar-refractivity contribution is 5.90. The van der Waals surface area contributed by atoms with E-state index in [1.807, 2.05) is 19.9 Å². The topological polar surface area (TPSA) is 116 Å². The molecule has 0 amide bonds. The van der Waals surface area contributed by atoms with Crippen molar-refractivity contribution in [3.8, 4) is 0 Å². The van der Waals surface area contributed by atoms with Gasteiger partial charge in [0.05, 0.1) is 5.57 Å². The summed E-state index contributed by atoms with van der Waals surface area (Å²) in [5, 5.41) is 15.7. The van der Waals surface area contributed by atoms with Crippen molar-refractivity contribution in [3.05, 3.63) is 69.5 Å². The average molecular weight is 540 g/mol. The summed E-state index contributed by atoms with van der Waals surface area (Å²) in [6, 6.07) is 8.39. The molecule has 8 nitrogen and oxygen atoms in total. The first-order chi connectivity index (χ1) is 17.8. The van der Waals surface area contributed by atoms with E-state index in [-0.39, 0.29) is 36.1 Å². The van der Waals surface area contributed by atoms with Crippen molar-refractivity contribution in [3.63, 3.8) is 0 Å². The van der Waals surface area contributed by atoms with E-state index in [1.165, 1.54) is 16.7 Å². The molecule has 3 aromatic rings. The van der Waals surface area contributed by atoms with Crippen LogP contribution in [0.1, 0.15) is 79.4 Å². The van der Waals surface area contributed by atoms with Gasteiger partial charge in [0, 0.05) is 30.8 Å². The maximum absolute atomic E-state index is 13.4. The van der Waals surface area contributed by atoms with Gasteiger partial charge in [-0.2, -0.15) is 4.98 Å². The summed E-state index contributed by atoms with van der Waals surface area (Å²) in [7, 11) is 0. The molecule has 0 radical (unpaired) electrons. The summed E-state index contributed by atoms with van der Waals surface area (Å²) < 4.78 is 7.96. The number of carbonyl (C=O) groups is 1. The monoisotopic (exact) mass is 539 g/mol. The number of benzene rings is 1. The van der Waals surface area contributed by atoms with Gasteiger partial charge in [-0.1, -0.05) is 38.0 Å². The molecular formula is C29H38ClN5O3. The number of cyclic esters (lactones) is 1. The lowest BCUT2D eigenvalue weighted by molar-refractivity contribution is -0.167. The molecule has 1 saturated carbocycles. The fourth-order valence-corrected chi connectivity index (χ4v) is 6.15. The molecule has 3 N–H and O–H groups in total. The minimum absolute atomic E-state index is 0. The van der Waals surface area contributed by atoms with Crippen LogP contribution in [0, 0.1) is 19.8 Å². The first-order valence-corrected chi connectivity index (χ1v) is 13.5. The number of carbonyl (C=O) groups excluding carboxylic acids is 1. The Balaban J connectivity index is 0.00000336. The molecular weight excluding hydrogens is 502 g/mol. The number of aromatic nitrogens is 4. The maximum Gasteiger partial charge on any atom is 0.338 e. The summed E-state index contributed by atoms with van der Waals surface area (Å²) in [4.78, 5) is 22.3. The van der Waals surface area contributed by atoms with Gasteiger partial charge in [-0.05, 0) is 74.6 Å². The van der Waals surface area contributed by atoms with Crippen molar-refractivity contribution in [1.82, 2.24) is 19.6 Å². The number of aliphatic hydroxyl groups is 1. The van der Waals surface area contributed by atoms with Gasteiger partial charge < -0.3 is 15.6 Å². The minimum atomic E-state index is -0.693. The summed E-state index contributed by atoms with van der Waals surface area (Å²) in [5.41, 5.74) is 10.9. The van der Waals surface area contributed by atoms with Crippen molar-refractivity contribution in [2.45, 2.75) is 90.7 Å². The Morgan fingerprint density at radius 2 is 1.92 bits per heavy atom. The van der Waals surface area contributed by atoms with Crippen molar-refractivity contribution < 1.29 is 14.6 Å². The van der Waals surface area contributed by atoms with E-state index < -0.39 is 11.6 Å². The Morgan fingerprint density at radius 1 is 1.16 bits per heavy atom. The third kappa shape index (κ3) is 5.43. The SMILES string of the molecule is CCc1cc(CCC2(C3CCCC3)CC(O)=C(Cc3nc4nc(C)cc(C)n4n3)C(=O)O2)ccc1CN.Cl. The standard InChI is InChI=1S/C29H37N5O3.ClH/c1-4-21-14-20(9-10-22(21)17-30)11-12-29(23-7-5-6-8-23)16-25(35)24(27(36)37-29)15-26-32-28-31-18(2)13-19(3)34(28)33-26;/h9-10,13-14,23,35H,4-8,11-12,15-17,30H2,1-3H3;1H. The van der Waals surface area contributed by atoms with Crippen LogP contribution in [0.2, 0.25) is 0 Å². The van der Waals surface area contributed by atoms with E-state index in [0.717, 1.165) is 49.9 Å². The van der Waals surface area contributed by atoms with Crippen LogP contribution in [0.15, 0.2) is 35.6 Å². The molecule has 1 fully saturated rings. The van der Waals surface area contributed by atoms with Crippen LogP contribution >= 0.6 is 12.4 Å². The second-order valence-electron chi connectivity index (χ2n) is 10.7. The van der Waals surface area contributed by atoms with E-state index in [1.54, 1.807) is 4.52 Å². The first-order valence-electron chi connectivity index (χ1n) is 13.5. The van der Waals surface area contributed by atoms with Crippen molar-refractivity contribution in [2.24, 2.45) is 11.7 Å². The Kier molecular flexibility index (Phi) is 8.43. The summed E-state index contributed by atoms with van der Waals surface area (Å²) in [6.07, 6.45) is 7.14. The van der Waals surface area contributed by atoms with Crippen LogP contribution in [0.3, 0.4) is 0 Å². The van der Waals surface area contributed by atoms with Gasteiger partial charge in [-0.3, -0.25) is 0 Å². The van der Waals surface area contributed by atoms with Gasteiger partial charge in [0.25, 0.3) is 5.78 Å². The van der Waals surface area contributed by atoms with Crippen LogP contribution in [0.4, 0.5) is 0 Å². The van der Waals surface area contributed by atoms with Gasteiger partial charge in [0.2, 0.25) is 0 Å². The van der Waals surface area contributed by atoms with E-state index >= 15 is 0 Å². The molecule has 1 aliphatic carbocycles. The predicted octanol–water partition coefficient (Wildman–Crippen LogP) is 5.05. The molecule has 3 heterocycles. The lowest BCUT2D eigenvalue weighted by Gasteiger charge is -2.41. The number of aryl methyl sites for hydroxylation is 4. The number of nitrogens with zero attached hydrogens (tertiary/aromatic N) is 4. The minimum Gasteiger partial charge on any atom is -0.512 e. The molecule has 38 heavy (non-hydrogen) atoms. The highest BCUT2D eigenvalue weighted by Gasteiger charge is 2.48. The second-order valence-corrected chi connectivity index (χ2v) is 10.7. The number of fused-ring (bicyclic) bond motifs is 1. The van der Waals surface area contributed by atoms with E-state index in [9.17, 15) is 9.90 Å². The molecule has 1 unspecified atom stereocenters. The number of nitrogens with two attached hydrogens (primary N) is 1. The molecule has 204 valence electrons. The summed E-state index contributed by atoms with van der Waals surface area (Å²) in [5.74, 6) is 0.834. The smallest absolute Gasteiger partial charge is 0.338 e. The van der Waals surface area contributed by atoms with Gasteiger partial charge >= 0.3 is 5.97 Å². The van der Waals surface area contributed by atoms with E-state index in [4.69, 9.17) is 10.5 Å². The van der Waals surface area contributed by atoms with E-state index in [2.05, 4.69) is 40.2 Å². The number of halogens is 1. The zero-order chi connectivity index (χ0) is 26.2. The normalized spacial score (nSPS) is 20.2. The molecule has 0 spiro atoms. The van der Waals surface area contributed by atoms with Crippen LogP contribution < -0.4 is 5.73 Å². The summed E-state index contributed by atoms with van der Waals surface area (Å²) in [6.45, 7) is 6.52. The molecule has 1 aliphatic heterocycles. The highest BCUT2D eigenvalue weighted by Crippen LogP contribution is 2.46. The Morgan fingerprint density at radius 3 is 2.61 bits per heavy atom. The molecule has 2 aliphatic rings. The Bertz CT molecular complexity index is 1360. The lowest BCUT2D eigenvalue weighted by Crippen LogP contribution is -2.46. The largest absolute Gasteiger partial charge is 0.512 e. The lowest BCUT2D eigenvalue weighted by atomic mass is 9.76. The quantitative estimate of drug-likeness (QED) is 0.385. The van der Waals surface area contributed by atoms with Gasteiger partial charge in [-0.25, -0.2) is 14.3 Å². The molecule has 5 rings (SSSR count). The summed E-state index contributed by atoms with van der Waals surface area (Å²) >= 11 is 0. The zero-order valence-corrected chi connectivity index (χ0v) is 23.3. The second kappa shape index (κ2) is 11.4. The molecule has 1 atom stereocenters. The Hall–Kier alpha value is -2.97. The average Bonchev–Trinajstić information content (AvgIpc) is 3.55.